The molecule has 1 saturated carbocycles. The Labute approximate surface area is 147 Å². The second-order valence-electron chi connectivity index (χ2n) is 6.27. The topological polar surface area (TPSA) is 111 Å². The van der Waals surface area contributed by atoms with Crippen LogP contribution in [-0.2, 0) is 14.3 Å². The fourth-order valence-corrected chi connectivity index (χ4v) is 2.96. The number of carbonyl (C=O) groups is 3. The molecule has 0 saturated heterocycles. The molecule has 0 aliphatic heterocycles. The number of carbonyl (C=O) groups excluding carboxylic acids is 3. The third-order valence-electron chi connectivity index (χ3n) is 4.44. The van der Waals surface area contributed by atoms with Gasteiger partial charge in [0.05, 0.1) is 13.5 Å². The Morgan fingerprint density at radius 2 is 1.92 bits per heavy atom. The summed E-state index contributed by atoms with van der Waals surface area (Å²) in [4.78, 5) is 35.0. The third-order valence-corrected chi connectivity index (χ3v) is 4.44. The van der Waals surface area contributed by atoms with E-state index in [0.29, 0.717) is 17.7 Å². The molecule has 4 N–H and O–H groups in total. The van der Waals surface area contributed by atoms with Crippen LogP contribution in [-0.4, -0.2) is 37.5 Å². The summed E-state index contributed by atoms with van der Waals surface area (Å²) in [7, 11) is 1.30. The van der Waals surface area contributed by atoms with Crippen molar-refractivity contribution in [2.75, 3.05) is 19.0 Å². The van der Waals surface area contributed by atoms with Gasteiger partial charge in [-0.2, -0.15) is 0 Å². The molecule has 2 atom stereocenters. The summed E-state index contributed by atoms with van der Waals surface area (Å²) >= 11 is 0. The molecule has 0 unspecified atom stereocenters. The van der Waals surface area contributed by atoms with Gasteiger partial charge in [0, 0.05) is 30.3 Å². The minimum atomic E-state index is -0.375. The van der Waals surface area contributed by atoms with Crippen LogP contribution in [0.15, 0.2) is 24.3 Å². The van der Waals surface area contributed by atoms with E-state index in [9.17, 15) is 14.4 Å². The number of methoxy groups -OCH3 is 1. The van der Waals surface area contributed by atoms with Crippen molar-refractivity contribution in [3.05, 3.63) is 29.8 Å². The van der Waals surface area contributed by atoms with Crippen LogP contribution in [0.1, 0.15) is 42.5 Å². The maximum Gasteiger partial charge on any atom is 0.307 e. The SMILES string of the molecule is COC(=O)CCNC(=O)c1ccc(NC(=O)C[C@@H]2CCC[C@H]2N)cc1. The van der Waals surface area contributed by atoms with Crippen molar-refractivity contribution in [3.8, 4) is 0 Å². The van der Waals surface area contributed by atoms with Crippen molar-refractivity contribution < 1.29 is 19.1 Å². The fraction of sp³-hybridized carbons (Fsp3) is 0.500. The Morgan fingerprint density at radius 3 is 2.52 bits per heavy atom. The van der Waals surface area contributed by atoms with Gasteiger partial charge in [0.1, 0.15) is 0 Å². The maximum absolute atomic E-state index is 12.1. The largest absolute Gasteiger partial charge is 0.469 e. The van der Waals surface area contributed by atoms with Crippen molar-refractivity contribution in [2.45, 2.75) is 38.1 Å². The molecule has 1 aliphatic rings. The molecule has 1 aromatic rings. The van der Waals surface area contributed by atoms with Gasteiger partial charge in [-0.25, -0.2) is 0 Å². The van der Waals surface area contributed by atoms with Crippen molar-refractivity contribution >= 4 is 23.5 Å². The summed E-state index contributed by atoms with van der Waals surface area (Å²) in [6.45, 7) is 0.214. The van der Waals surface area contributed by atoms with E-state index in [4.69, 9.17) is 5.73 Å². The Hall–Kier alpha value is -2.41. The van der Waals surface area contributed by atoms with E-state index in [1.807, 2.05) is 0 Å². The molecular weight excluding hydrogens is 322 g/mol. The molecule has 0 bridgehead atoms. The average Bonchev–Trinajstić information content (AvgIpc) is 2.99. The molecular formula is C18H25N3O4. The number of benzene rings is 1. The second kappa shape index (κ2) is 9.17. The van der Waals surface area contributed by atoms with Crippen LogP contribution in [0.25, 0.3) is 0 Å². The highest BCUT2D eigenvalue weighted by Crippen LogP contribution is 2.27. The number of ether oxygens (including phenoxy) is 1. The second-order valence-corrected chi connectivity index (χ2v) is 6.27. The first-order valence-electron chi connectivity index (χ1n) is 8.50. The van der Waals surface area contributed by atoms with Crippen molar-refractivity contribution in [1.82, 2.24) is 5.32 Å². The quantitative estimate of drug-likeness (QED) is 0.646. The smallest absolute Gasteiger partial charge is 0.307 e. The Morgan fingerprint density at radius 1 is 1.20 bits per heavy atom. The third kappa shape index (κ3) is 5.86. The van der Waals surface area contributed by atoms with Gasteiger partial charge in [-0.3, -0.25) is 14.4 Å². The monoisotopic (exact) mass is 347 g/mol. The summed E-state index contributed by atoms with van der Waals surface area (Å²) in [5.41, 5.74) is 7.09. The van der Waals surface area contributed by atoms with Crippen LogP contribution >= 0.6 is 0 Å². The van der Waals surface area contributed by atoms with Gasteiger partial charge in [0.25, 0.3) is 5.91 Å². The lowest BCUT2D eigenvalue weighted by Crippen LogP contribution is -2.28. The van der Waals surface area contributed by atoms with E-state index < -0.39 is 0 Å². The number of hydrogen-bond donors (Lipinski definition) is 3. The van der Waals surface area contributed by atoms with Gasteiger partial charge >= 0.3 is 5.97 Å². The van der Waals surface area contributed by atoms with Crippen LogP contribution in [0, 0.1) is 5.92 Å². The lowest BCUT2D eigenvalue weighted by Gasteiger charge is -2.14. The first-order valence-corrected chi connectivity index (χ1v) is 8.50. The van der Waals surface area contributed by atoms with E-state index >= 15 is 0 Å². The molecule has 7 heteroatoms. The number of rotatable bonds is 7. The molecule has 0 heterocycles. The summed E-state index contributed by atoms with van der Waals surface area (Å²) in [5.74, 6) is -0.462. The van der Waals surface area contributed by atoms with E-state index in [1.165, 1.54) is 7.11 Å². The van der Waals surface area contributed by atoms with Gasteiger partial charge in [0.15, 0.2) is 0 Å². The normalized spacial score (nSPS) is 19.3. The number of nitrogens with one attached hydrogen (secondary N) is 2. The van der Waals surface area contributed by atoms with Crippen LogP contribution in [0.4, 0.5) is 5.69 Å². The predicted octanol–water partition coefficient (Wildman–Crippen LogP) is 1.44. The number of esters is 1. The zero-order chi connectivity index (χ0) is 18.2. The van der Waals surface area contributed by atoms with E-state index in [1.54, 1.807) is 24.3 Å². The highest BCUT2D eigenvalue weighted by atomic mass is 16.5. The number of nitrogens with two attached hydrogens (primary N) is 1. The van der Waals surface area contributed by atoms with Gasteiger partial charge in [0.2, 0.25) is 5.91 Å². The van der Waals surface area contributed by atoms with Gasteiger partial charge < -0.3 is 21.1 Å². The Balaban J connectivity index is 1.79. The first-order chi connectivity index (χ1) is 12.0. The molecule has 2 rings (SSSR count). The van der Waals surface area contributed by atoms with Crippen molar-refractivity contribution in [1.29, 1.82) is 0 Å². The lowest BCUT2D eigenvalue weighted by molar-refractivity contribution is -0.140. The first kappa shape index (κ1) is 18.9. The maximum atomic E-state index is 12.1. The highest BCUT2D eigenvalue weighted by molar-refractivity contribution is 5.96. The van der Waals surface area contributed by atoms with Gasteiger partial charge in [-0.1, -0.05) is 6.42 Å². The van der Waals surface area contributed by atoms with Crippen LogP contribution in [0.5, 0.6) is 0 Å². The average molecular weight is 347 g/mol. The lowest BCUT2D eigenvalue weighted by atomic mass is 10.00. The minimum Gasteiger partial charge on any atom is -0.469 e. The molecule has 2 amide bonds. The fourth-order valence-electron chi connectivity index (χ4n) is 2.96. The zero-order valence-electron chi connectivity index (χ0n) is 14.4. The number of hydrogen-bond acceptors (Lipinski definition) is 5. The highest BCUT2D eigenvalue weighted by Gasteiger charge is 2.26. The van der Waals surface area contributed by atoms with Crippen LogP contribution in [0.2, 0.25) is 0 Å². The molecule has 0 spiro atoms. The summed E-state index contributed by atoms with van der Waals surface area (Å²) in [5, 5.41) is 5.47. The number of amides is 2. The van der Waals surface area contributed by atoms with Gasteiger partial charge in [-0.15, -0.1) is 0 Å². The molecule has 0 radical (unpaired) electrons. The minimum absolute atomic E-state index is 0.0578. The molecule has 136 valence electrons. The molecule has 7 nitrogen and oxygen atoms in total. The standard InChI is InChI=1S/C18H25N3O4/c1-25-17(23)9-10-20-18(24)12-5-7-14(8-6-12)21-16(22)11-13-3-2-4-15(13)19/h5-8,13,15H,2-4,9-11,19H2,1H3,(H,20,24)(H,21,22)/t13-,15+/m0/s1. The van der Waals surface area contributed by atoms with E-state index in [-0.39, 0.29) is 42.7 Å². The summed E-state index contributed by atoms with van der Waals surface area (Å²) in [6.07, 6.45) is 3.62. The number of anilines is 1. The molecule has 1 aliphatic carbocycles. The van der Waals surface area contributed by atoms with Crippen LogP contribution in [0.3, 0.4) is 0 Å². The van der Waals surface area contributed by atoms with E-state index in [2.05, 4.69) is 15.4 Å². The van der Waals surface area contributed by atoms with Crippen LogP contribution < -0.4 is 16.4 Å². The molecule has 25 heavy (non-hydrogen) atoms. The Kier molecular flexibility index (Phi) is 6.94. The van der Waals surface area contributed by atoms with E-state index in [0.717, 1.165) is 19.3 Å². The predicted molar refractivity (Wildman–Crippen MR) is 94.0 cm³/mol. The molecule has 1 fully saturated rings. The van der Waals surface area contributed by atoms with Crippen molar-refractivity contribution in [2.24, 2.45) is 11.7 Å². The zero-order valence-corrected chi connectivity index (χ0v) is 14.4. The summed E-state index contributed by atoms with van der Waals surface area (Å²) < 4.78 is 4.51. The molecule has 1 aromatic carbocycles. The van der Waals surface area contributed by atoms with Crippen molar-refractivity contribution in [3.63, 3.8) is 0 Å². The van der Waals surface area contributed by atoms with Gasteiger partial charge in [-0.05, 0) is 43.0 Å². The summed E-state index contributed by atoms with van der Waals surface area (Å²) in [6, 6.07) is 6.74. The Bertz CT molecular complexity index is 615. The molecule has 0 aromatic heterocycles.